The van der Waals surface area contributed by atoms with Crippen molar-refractivity contribution in [1.29, 1.82) is 0 Å². The first kappa shape index (κ1) is 14.5. The molecule has 1 aliphatic heterocycles. The molecule has 1 heterocycles. The highest BCUT2D eigenvalue weighted by Gasteiger charge is 2.51. The predicted octanol–water partition coefficient (Wildman–Crippen LogP) is 3.14. The standard InChI is InChI=1S/C14H19ClN2OS/c1-13(2)7-8-19-9-14(13,12(16)18)17-11-5-3-10(15)4-6-11/h3-6,17H,7-9H2,1-2H3,(H2,16,18). The number of nitrogens with one attached hydrogen (secondary N) is 1. The van der Waals surface area contributed by atoms with Crippen LogP contribution in [0.4, 0.5) is 5.69 Å². The number of benzene rings is 1. The molecule has 104 valence electrons. The number of rotatable bonds is 3. The molecule has 2 rings (SSSR count). The summed E-state index contributed by atoms with van der Waals surface area (Å²) in [4.78, 5) is 12.1. The molecule has 0 saturated carbocycles. The quantitative estimate of drug-likeness (QED) is 0.901. The van der Waals surface area contributed by atoms with Gasteiger partial charge < -0.3 is 11.1 Å². The molecule has 0 spiro atoms. The number of carbonyl (C=O) groups excluding carboxylic acids is 1. The maximum absolute atomic E-state index is 12.1. The number of primary amides is 1. The van der Waals surface area contributed by atoms with Crippen LogP contribution in [0.2, 0.25) is 5.02 Å². The molecule has 1 fully saturated rings. The zero-order valence-corrected chi connectivity index (χ0v) is 12.8. The summed E-state index contributed by atoms with van der Waals surface area (Å²) in [6.45, 7) is 4.20. The molecule has 1 atom stereocenters. The van der Waals surface area contributed by atoms with Gasteiger partial charge in [0.25, 0.3) is 0 Å². The van der Waals surface area contributed by atoms with Gasteiger partial charge in [-0.05, 0) is 41.9 Å². The molecule has 1 aromatic carbocycles. The van der Waals surface area contributed by atoms with E-state index in [1.54, 1.807) is 11.8 Å². The summed E-state index contributed by atoms with van der Waals surface area (Å²) in [5.41, 5.74) is 5.69. The lowest BCUT2D eigenvalue weighted by molar-refractivity contribution is -0.125. The van der Waals surface area contributed by atoms with E-state index in [0.717, 1.165) is 17.9 Å². The molecule has 5 heteroatoms. The van der Waals surface area contributed by atoms with Crippen molar-refractivity contribution in [2.24, 2.45) is 11.1 Å². The third kappa shape index (κ3) is 2.70. The van der Waals surface area contributed by atoms with Gasteiger partial charge in [-0.15, -0.1) is 0 Å². The van der Waals surface area contributed by atoms with Gasteiger partial charge in [0.05, 0.1) is 0 Å². The van der Waals surface area contributed by atoms with Crippen molar-refractivity contribution in [3.63, 3.8) is 0 Å². The van der Waals surface area contributed by atoms with Crippen molar-refractivity contribution in [2.45, 2.75) is 25.8 Å². The molecule has 1 unspecified atom stereocenters. The Morgan fingerprint density at radius 1 is 1.37 bits per heavy atom. The number of nitrogens with two attached hydrogens (primary N) is 1. The number of hydrogen-bond acceptors (Lipinski definition) is 3. The lowest BCUT2D eigenvalue weighted by Gasteiger charge is -2.48. The number of hydrogen-bond donors (Lipinski definition) is 2. The van der Waals surface area contributed by atoms with Crippen LogP contribution in [0.15, 0.2) is 24.3 Å². The van der Waals surface area contributed by atoms with E-state index in [0.29, 0.717) is 10.8 Å². The van der Waals surface area contributed by atoms with Crippen molar-refractivity contribution in [3.05, 3.63) is 29.3 Å². The summed E-state index contributed by atoms with van der Waals surface area (Å²) in [6, 6.07) is 7.37. The molecule has 1 aromatic rings. The largest absolute Gasteiger partial charge is 0.370 e. The Kier molecular flexibility index (Phi) is 4.02. The summed E-state index contributed by atoms with van der Waals surface area (Å²) in [5, 5.41) is 4.03. The van der Waals surface area contributed by atoms with Crippen LogP contribution in [-0.4, -0.2) is 23.0 Å². The topological polar surface area (TPSA) is 55.1 Å². The van der Waals surface area contributed by atoms with Crippen LogP contribution >= 0.6 is 23.4 Å². The Labute approximate surface area is 123 Å². The minimum Gasteiger partial charge on any atom is -0.370 e. The molecule has 1 amide bonds. The smallest absolute Gasteiger partial charge is 0.244 e. The summed E-state index contributed by atoms with van der Waals surface area (Å²) in [6.07, 6.45) is 0.960. The molecule has 19 heavy (non-hydrogen) atoms. The summed E-state index contributed by atoms with van der Waals surface area (Å²) in [5.74, 6) is 1.46. The zero-order valence-electron chi connectivity index (χ0n) is 11.2. The normalized spacial score (nSPS) is 25.8. The summed E-state index contributed by atoms with van der Waals surface area (Å²) in [7, 11) is 0. The fraction of sp³-hybridized carbons (Fsp3) is 0.500. The molecule has 3 N–H and O–H groups in total. The van der Waals surface area contributed by atoms with Crippen LogP contribution in [0.3, 0.4) is 0 Å². The van der Waals surface area contributed by atoms with E-state index < -0.39 is 5.54 Å². The molecule has 1 aliphatic rings. The number of carbonyl (C=O) groups is 1. The Hall–Kier alpha value is -0.870. The van der Waals surface area contributed by atoms with Gasteiger partial charge in [-0.3, -0.25) is 4.79 Å². The Bertz CT molecular complexity index is 475. The highest BCUT2D eigenvalue weighted by Crippen LogP contribution is 2.44. The maximum Gasteiger partial charge on any atom is 0.244 e. The average Bonchev–Trinajstić information content (AvgIpc) is 2.34. The van der Waals surface area contributed by atoms with E-state index in [9.17, 15) is 4.79 Å². The molecule has 0 aliphatic carbocycles. The van der Waals surface area contributed by atoms with Crippen molar-refractivity contribution in [3.8, 4) is 0 Å². The first-order valence-electron chi connectivity index (χ1n) is 6.29. The van der Waals surface area contributed by atoms with Crippen molar-refractivity contribution < 1.29 is 4.79 Å². The van der Waals surface area contributed by atoms with Gasteiger partial charge in [-0.1, -0.05) is 25.4 Å². The molecular formula is C14H19ClN2OS. The SMILES string of the molecule is CC1(C)CCSCC1(Nc1ccc(Cl)cc1)C(N)=O. The fourth-order valence-electron chi connectivity index (χ4n) is 2.41. The second kappa shape index (κ2) is 5.25. The van der Waals surface area contributed by atoms with Gasteiger partial charge in [0.1, 0.15) is 5.54 Å². The number of thioether (sulfide) groups is 1. The van der Waals surface area contributed by atoms with Crippen LogP contribution in [0, 0.1) is 5.41 Å². The first-order valence-corrected chi connectivity index (χ1v) is 7.82. The van der Waals surface area contributed by atoms with Crippen LogP contribution in [0.5, 0.6) is 0 Å². The number of anilines is 1. The third-order valence-electron chi connectivity index (χ3n) is 3.97. The van der Waals surface area contributed by atoms with Crippen molar-refractivity contribution >= 4 is 35.0 Å². The minimum atomic E-state index is -0.719. The second-order valence-corrected chi connectivity index (χ2v) is 7.13. The van der Waals surface area contributed by atoms with Crippen LogP contribution in [-0.2, 0) is 4.79 Å². The van der Waals surface area contributed by atoms with E-state index in [1.807, 2.05) is 24.3 Å². The van der Waals surface area contributed by atoms with Gasteiger partial charge >= 0.3 is 0 Å². The van der Waals surface area contributed by atoms with E-state index in [1.165, 1.54) is 0 Å². The van der Waals surface area contributed by atoms with E-state index >= 15 is 0 Å². The molecule has 1 saturated heterocycles. The first-order chi connectivity index (χ1) is 8.87. The number of amides is 1. The van der Waals surface area contributed by atoms with E-state index in [-0.39, 0.29) is 11.3 Å². The monoisotopic (exact) mass is 298 g/mol. The van der Waals surface area contributed by atoms with Crippen LogP contribution < -0.4 is 11.1 Å². The second-order valence-electron chi connectivity index (χ2n) is 5.59. The van der Waals surface area contributed by atoms with Gasteiger partial charge in [0.15, 0.2) is 0 Å². The molecule has 0 radical (unpaired) electrons. The number of halogens is 1. The molecule has 3 nitrogen and oxygen atoms in total. The van der Waals surface area contributed by atoms with Gasteiger partial charge in [0, 0.05) is 16.5 Å². The Morgan fingerprint density at radius 3 is 2.53 bits per heavy atom. The highest BCUT2D eigenvalue weighted by atomic mass is 35.5. The molecule has 0 aromatic heterocycles. The minimum absolute atomic E-state index is 0.177. The third-order valence-corrected chi connectivity index (χ3v) is 5.35. The van der Waals surface area contributed by atoms with E-state index in [2.05, 4.69) is 19.2 Å². The average molecular weight is 299 g/mol. The highest BCUT2D eigenvalue weighted by molar-refractivity contribution is 7.99. The van der Waals surface area contributed by atoms with Gasteiger partial charge in [-0.25, -0.2) is 0 Å². The van der Waals surface area contributed by atoms with Crippen molar-refractivity contribution in [2.75, 3.05) is 16.8 Å². The Balaban J connectivity index is 2.34. The fourth-order valence-corrected chi connectivity index (χ4v) is 4.25. The summed E-state index contributed by atoms with van der Waals surface area (Å²) >= 11 is 7.65. The maximum atomic E-state index is 12.1. The van der Waals surface area contributed by atoms with Gasteiger partial charge in [-0.2, -0.15) is 11.8 Å². The Morgan fingerprint density at radius 2 is 2.00 bits per heavy atom. The lowest BCUT2D eigenvalue weighted by atomic mass is 9.70. The lowest BCUT2D eigenvalue weighted by Crippen LogP contribution is -2.63. The molecule has 0 bridgehead atoms. The molecular weight excluding hydrogens is 280 g/mol. The summed E-state index contributed by atoms with van der Waals surface area (Å²) < 4.78 is 0. The predicted molar refractivity (Wildman–Crippen MR) is 82.7 cm³/mol. The van der Waals surface area contributed by atoms with Gasteiger partial charge in [0.2, 0.25) is 5.91 Å². The van der Waals surface area contributed by atoms with E-state index in [4.69, 9.17) is 17.3 Å². The van der Waals surface area contributed by atoms with Crippen molar-refractivity contribution in [1.82, 2.24) is 0 Å². The zero-order chi connectivity index (χ0) is 14.1. The van der Waals surface area contributed by atoms with Crippen LogP contribution in [0.1, 0.15) is 20.3 Å². The van der Waals surface area contributed by atoms with Crippen LogP contribution in [0.25, 0.3) is 0 Å².